The lowest BCUT2D eigenvalue weighted by molar-refractivity contribution is 1.13. The molecule has 0 fully saturated rings. The molecule has 10 heavy (non-hydrogen) atoms. The fraction of sp³-hybridized carbons (Fsp3) is 0.300. The van der Waals surface area contributed by atoms with Gasteiger partial charge in [0.15, 0.2) is 0 Å². The average Bonchev–Trinajstić information content (AvgIpc) is 1.85. The van der Waals surface area contributed by atoms with E-state index in [0.29, 0.717) is 0 Å². The standard InChI is InChI=1S/C10H13/c1-4-10-6-8(2)5-9(3)7-10/h5-7H,2,4H2,1,3H3. The second-order valence-corrected chi connectivity index (χ2v) is 2.68. The Kier molecular flexibility index (Phi) is 2.10. The number of rotatable bonds is 1. The Hall–Kier alpha value is -0.780. The molecule has 0 aliphatic carbocycles. The summed E-state index contributed by atoms with van der Waals surface area (Å²) in [6.07, 6.45) is 1.10. The van der Waals surface area contributed by atoms with Crippen molar-refractivity contribution in [1.82, 2.24) is 0 Å². The zero-order valence-electron chi connectivity index (χ0n) is 6.65. The van der Waals surface area contributed by atoms with Crippen LogP contribution in [0.25, 0.3) is 0 Å². The van der Waals surface area contributed by atoms with Crippen LogP contribution in [0.15, 0.2) is 18.2 Å². The largest absolute Gasteiger partial charge is 0.0613 e. The first-order valence-corrected chi connectivity index (χ1v) is 3.65. The second-order valence-electron chi connectivity index (χ2n) is 2.68. The number of hydrogen-bond acceptors (Lipinski definition) is 0. The summed E-state index contributed by atoms with van der Waals surface area (Å²) in [4.78, 5) is 0. The second kappa shape index (κ2) is 2.87. The van der Waals surface area contributed by atoms with Crippen molar-refractivity contribution in [2.24, 2.45) is 0 Å². The Morgan fingerprint density at radius 3 is 2.50 bits per heavy atom. The molecule has 0 bridgehead atoms. The van der Waals surface area contributed by atoms with Gasteiger partial charge in [0.05, 0.1) is 0 Å². The van der Waals surface area contributed by atoms with Crippen molar-refractivity contribution in [2.45, 2.75) is 20.3 Å². The molecule has 0 nitrogen and oxygen atoms in total. The summed E-state index contributed by atoms with van der Waals surface area (Å²) in [7, 11) is 0. The van der Waals surface area contributed by atoms with Crippen LogP contribution in [0.3, 0.4) is 0 Å². The van der Waals surface area contributed by atoms with Crippen LogP contribution >= 0.6 is 0 Å². The lowest BCUT2D eigenvalue weighted by atomic mass is 10.1. The van der Waals surface area contributed by atoms with Crippen molar-refractivity contribution < 1.29 is 0 Å². The van der Waals surface area contributed by atoms with Gasteiger partial charge in [-0.2, -0.15) is 0 Å². The molecular weight excluding hydrogens is 120 g/mol. The molecule has 0 aliphatic rings. The summed E-state index contributed by atoms with van der Waals surface area (Å²) in [5.74, 6) is 0. The Morgan fingerprint density at radius 2 is 2.00 bits per heavy atom. The molecule has 0 saturated heterocycles. The molecule has 53 valence electrons. The smallest absolute Gasteiger partial charge is 0.0238 e. The summed E-state index contributed by atoms with van der Waals surface area (Å²) in [5, 5.41) is 0. The van der Waals surface area contributed by atoms with Crippen molar-refractivity contribution >= 4 is 0 Å². The van der Waals surface area contributed by atoms with Crippen LogP contribution in [-0.2, 0) is 6.42 Å². The lowest BCUT2D eigenvalue weighted by Crippen LogP contribution is -1.83. The molecule has 0 amide bonds. The highest BCUT2D eigenvalue weighted by Gasteiger charge is 1.91. The van der Waals surface area contributed by atoms with E-state index in [1.165, 1.54) is 11.1 Å². The van der Waals surface area contributed by atoms with Crippen molar-refractivity contribution in [1.29, 1.82) is 0 Å². The number of benzene rings is 1. The zero-order chi connectivity index (χ0) is 7.56. The highest BCUT2D eigenvalue weighted by molar-refractivity contribution is 5.30. The molecule has 0 heteroatoms. The third-order valence-corrected chi connectivity index (χ3v) is 1.61. The topological polar surface area (TPSA) is 0 Å². The van der Waals surface area contributed by atoms with Gasteiger partial charge in [0.1, 0.15) is 0 Å². The summed E-state index contributed by atoms with van der Waals surface area (Å²) in [5.41, 5.74) is 3.81. The molecule has 0 aromatic heterocycles. The van der Waals surface area contributed by atoms with Gasteiger partial charge in [-0.15, -0.1) is 0 Å². The van der Waals surface area contributed by atoms with E-state index in [2.05, 4.69) is 39.0 Å². The van der Waals surface area contributed by atoms with E-state index in [9.17, 15) is 0 Å². The van der Waals surface area contributed by atoms with Gasteiger partial charge in [-0.05, 0) is 31.4 Å². The fourth-order valence-electron chi connectivity index (χ4n) is 1.15. The van der Waals surface area contributed by atoms with E-state index in [1.807, 2.05) is 0 Å². The van der Waals surface area contributed by atoms with Gasteiger partial charge < -0.3 is 0 Å². The monoisotopic (exact) mass is 133 g/mol. The van der Waals surface area contributed by atoms with Gasteiger partial charge in [0.25, 0.3) is 0 Å². The zero-order valence-corrected chi connectivity index (χ0v) is 6.65. The summed E-state index contributed by atoms with van der Waals surface area (Å²) >= 11 is 0. The summed E-state index contributed by atoms with van der Waals surface area (Å²) in [6.45, 7) is 8.16. The van der Waals surface area contributed by atoms with Crippen LogP contribution in [0, 0.1) is 13.8 Å². The van der Waals surface area contributed by atoms with Gasteiger partial charge in [0.2, 0.25) is 0 Å². The molecular formula is C10H13. The predicted molar refractivity (Wildman–Crippen MR) is 45.0 cm³/mol. The first kappa shape index (κ1) is 7.33. The lowest BCUT2D eigenvalue weighted by Gasteiger charge is -2.00. The maximum atomic E-state index is 3.89. The van der Waals surface area contributed by atoms with E-state index >= 15 is 0 Å². The van der Waals surface area contributed by atoms with Gasteiger partial charge in [-0.25, -0.2) is 0 Å². The van der Waals surface area contributed by atoms with E-state index in [-0.39, 0.29) is 0 Å². The highest BCUT2D eigenvalue weighted by atomic mass is 14.0. The normalized spacial score (nSPS) is 9.90. The molecule has 0 heterocycles. The third-order valence-electron chi connectivity index (χ3n) is 1.61. The van der Waals surface area contributed by atoms with Crippen LogP contribution in [0.4, 0.5) is 0 Å². The minimum absolute atomic E-state index is 1.10. The average molecular weight is 133 g/mol. The molecule has 1 aromatic rings. The van der Waals surface area contributed by atoms with Gasteiger partial charge in [-0.1, -0.05) is 30.7 Å². The van der Waals surface area contributed by atoms with E-state index in [1.54, 1.807) is 0 Å². The van der Waals surface area contributed by atoms with E-state index < -0.39 is 0 Å². The molecule has 0 unspecified atom stereocenters. The van der Waals surface area contributed by atoms with Crippen LogP contribution < -0.4 is 0 Å². The molecule has 0 aliphatic heterocycles. The summed E-state index contributed by atoms with van der Waals surface area (Å²) < 4.78 is 0. The van der Waals surface area contributed by atoms with Crippen molar-refractivity contribution in [3.63, 3.8) is 0 Å². The SMILES string of the molecule is [CH2]c1cc(C)cc(CC)c1. The quantitative estimate of drug-likeness (QED) is 0.552. The third kappa shape index (κ3) is 1.60. The van der Waals surface area contributed by atoms with E-state index in [4.69, 9.17) is 0 Å². The molecule has 1 rings (SSSR count). The molecule has 0 spiro atoms. The first-order chi connectivity index (χ1) is 4.72. The van der Waals surface area contributed by atoms with Crippen molar-refractivity contribution in [3.8, 4) is 0 Å². The van der Waals surface area contributed by atoms with Crippen molar-refractivity contribution in [2.75, 3.05) is 0 Å². The Balaban J connectivity index is 3.06. The molecule has 1 aromatic carbocycles. The predicted octanol–water partition coefficient (Wildman–Crippen LogP) is 2.74. The van der Waals surface area contributed by atoms with E-state index in [0.717, 1.165) is 12.0 Å². The minimum Gasteiger partial charge on any atom is -0.0613 e. The Bertz CT molecular complexity index is 203. The number of aryl methyl sites for hydroxylation is 2. The molecule has 1 radical (unpaired) electrons. The van der Waals surface area contributed by atoms with Crippen LogP contribution in [0.2, 0.25) is 0 Å². The van der Waals surface area contributed by atoms with Crippen LogP contribution in [0.1, 0.15) is 23.6 Å². The maximum Gasteiger partial charge on any atom is -0.0238 e. The Labute approximate surface area is 62.9 Å². The van der Waals surface area contributed by atoms with Crippen molar-refractivity contribution in [3.05, 3.63) is 41.8 Å². The molecule has 0 saturated carbocycles. The number of hydrogen-bond donors (Lipinski definition) is 0. The van der Waals surface area contributed by atoms with Gasteiger partial charge >= 0.3 is 0 Å². The van der Waals surface area contributed by atoms with Crippen LogP contribution in [0.5, 0.6) is 0 Å². The first-order valence-electron chi connectivity index (χ1n) is 3.65. The van der Waals surface area contributed by atoms with Crippen LogP contribution in [-0.4, -0.2) is 0 Å². The molecule has 0 atom stereocenters. The Morgan fingerprint density at radius 1 is 1.30 bits per heavy atom. The molecule has 0 N–H and O–H groups in total. The fourth-order valence-corrected chi connectivity index (χ4v) is 1.15. The minimum atomic E-state index is 1.10. The van der Waals surface area contributed by atoms with Gasteiger partial charge in [-0.3, -0.25) is 0 Å². The summed E-state index contributed by atoms with van der Waals surface area (Å²) in [6, 6.07) is 6.43. The van der Waals surface area contributed by atoms with Gasteiger partial charge in [0, 0.05) is 0 Å². The maximum absolute atomic E-state index is 3.89. The highest BCUT2D eigenvalue weighted by Crippen LogP contribution is 2.08.